The SMILES string of the molecule is CC(O)C1(c2ccc(O)c(O)c2)Oc2cc(O)cc(O)c2CC1O. The van der Waals surface area contributed by atoms with Crippen LogP contribution in [0.4, 0.5) is 0 Å². The van der Waals surface area contributed by atoms with Crippen LogP contribution in [-0.4, -0.2) is 42.8 Å². The summed E-state index contributed by atoms with van der Waals surface area (Å²) in [5, 5.41) is 59.8. The molecule has 2 aromatic rings. The van der Waals surface area contributed by atoms with Gasteiger partial charge < -0.3 is 35.4 Å². The molecule has 0 aliphatic carbocycles. The van der Waals surface area contributed by atoms with Gasteiger partial charge in [0.25, 0.3) is 0 Å². The van der Waals surface area contributed by atoms with E-state index in [1.807, 2.05) is 0 Å². The van der Waals surface area contributed by atoms with E-state index in [-0.39, 0.29) is 35.0 Å². The number of fused-ring (bicyclic) bond motifs is 1. The van der Waals surface area contributed by atoms with Gasteiger partial charge in [0.05, 0.1) is 6.10 Å². The Morgan fingerprint density at radius 1 is 1.04 bits per heavy atom. The number of hydrogen-bond donors (Lipinski definition) is 6. The third kappa shape index (κ3) is 2.29. The van der Waals surface area contributed by atoms with E-state index in [9.17, 15) is 30.6 Å². The van der Waals surface area contributed by atoms with Crippen molar-refractivity contribution >= 4 is 0 Å². The lowest BCUT2D eigenvalue weighted by atomic mass is 9.78. The highest BCUT2D eigenvalue weighted by molar-refractivity contribution is 5.53. The van der Waals surface area contributed by atoms with E-state index in [1.165, 1.54) is 31.2 Å². The number of aliphatic hydroxyl groups is 2. The summed E-state index contributed by atoms with van der Waals surface area (Å²) in [6.45, 7) is 1.42. The van der Waals surface area contributed by atoms with Gasteiger partial charge in [-0.3, -0.25) is 0 Å². The van der Waals surface area contributed by atoms with Gasteiger partial charge in [0, 0.05) is 29.7 Å². The summed E-state index contributed by atoms with van der Waals surface area (Å²) in [4.78, 5) is 0. The number of rotatable bonds is 2. The van der Waals surface area contributed by atoms with E-state index < -0.39 is 23.6 Å². The van der Waals surface area contributed by atoms with Crippen molar-refractivity contribution in [1.82, 2.24) is 0 Å². The Kier molecular flexibility index (Phi) is 3.70. The Bertz CT molecular complexity index is 787. The van der Waals surface area contributed by atoms with Crippen molar-refractivity contribution in [3.63, 3.8) is 0 Å². The molecule has 1 aliphatic heterocycles. The molecule has 0 saturated carbocycles. The molecule has 1 aliphatic rings. The lowest BCUT2D eigenvalue weighted by Gasteiger charge is -2.44. The minimum absolute atomic E-state index is 0.0337. The highest BCUT2D eigenvalue weighted by Crippen LogP contribution is 2.47. The van der Waals surface area contributed by atoms with Crippen molar-refractivity contribution in [2.45, 2.75) is 31.2 Å². The molecule has 0 saturated heterocycles. The van der Waals surface area contributed by atoms with Crippen LogP contribution in [0.3, 0.4) is 0 Å². The van der Waals surface area contributed by atoms with Crippen molar-refractivity contribution < 1.29 is 35.4 Å². The Hall–Kier alpha value is -2.64. The zero-order chi connectivity index (χ0) is 17.6. The molecule has 0 radical (unpaired) electrons. The molecule has 0 aromatic heterocycles. The van der Waals surface area contributed by atoms with Crippen molar-refractivity contribution in [3.8, 4) is 28.7 Å². The molecule has 128 valence electrons. The maximum atomic E-state index is 10.6. The minimum atomic E-state index is -1.64. The Balaban J connectivity index is 2.18. The molecule has 24 heavy (non-hydrogen) atoms. The Morgan fingerprint density at radius 2 is 1.75 bits per heavy atom. The van der Waals surface area contributed by atoms with Crippen LogP contribution < -0.4 is 4.74 Å². The topological polar surface area (TPSA) is 131 Å². The molecule has 0 bridgehead atoms. The molecule has 0 fully saturated rings. The third-order valence-electron chi connectivity index (χ3n) is 4.39. The molecule has 0 spiro atoms. The van der Waals surface area contributed by atoms with Crippen LogP contribution in [0.5, 0.6) is 28.7 Å². The monoisotopic (exact) mass is 334 g/mol. The number of phenols is 4. The molecule has 3 atom stereocenters. The normalized spacial score (nSPS) is 24.0. The molecule has 3 rings (SSSR count). The first-order valence-corrected chi connectivity index (χ1v) is 7.38. The number of aromatic hydroxyl groups is 4. The second kappa shape index (κ2) is 5.47. The van der Waals surface area contributed by atoms with E-state index in [0.29, 0.717) is 5.56 Å². The zero-order valence-corrected chi connectivity index (χ0v) is 12.8. The van der Waals surface area contributed by atoms with Crippen LogP contribution in [0.15, 0.2) is 30.3 Å². The van der Waals surface area contributed by atoms with E-state index in [2.05, 4.69) is 0 Å². The van der Waals surface area contributed by atoms with Gasteiger partial charge in [0.2, 0.25) is 0 Å². The van der Waals surface area contributed by atoms with Crippen LogP contribution in [0.1, 0.15) is 18.1 Å². The van der Waals surface area contributed by atoms with Crippen LogP contribution in [0.2, 0.25) is 0 Å². The molecule has 7 heteroatoms. The van der Waals surface area contributed by atoms with Gasteiger partial charge in [0.1, 0.15) is 23.4 Å². The number of ether oxygens (including phenoxy) is 1. The van der Waals surface area contributed by atoms with E-state index >= 15 is 0 Å². The average molecular weight is 334 g/mol. The molecular formula is C17H18O7. The summed E-state index contributed by atoms with van der Waals surface area (Å²) in [6, 6.07) is 6.24. The van der Waals surface area contributed by atoms with Crippen LogP contribution in [-0.2, 0) is 12.0 Å². The van der Waals surface area contributed by atoms with Gasteiger partial charge in [-0.15, -0.1) is 0 Å². The summed E-state index contributed by atoms with van der Waals surface area (Å²) in [7, 11) is 0. The number of hydrogen-bond acceptors (Lipinski definition) is 7. The maximum absolute atomic E-state index is 10.6. The second-order valence-electron chi connectivity index (χ2n) is 5.94. The van der Waals surface area contributed by atoms with Gasteiger partial charge in [0.15, 0.2) is 17.1 Å². The lowest BCUT2D eigenvalue weighted by Crippen LogP contribution is -2.55. The fraction of sp³-hybridized carbons (Fsp3) is 0.294. The van der Waals surface area contributed by atoms with Crippen molar-refractivity contribution in [2.24, 2.45) is 0 Å². The zero-order valence-electron chi connectivity index (χ0n) is 12.8. The first-order chi connectivity index (χ1) is 11.3. The third-order valence-corrected chi connectivity index (χ3v) is 4.39. The fourth-order valence-corrected chi connectivity index (χ4v) is 3.13. The van der Waals surface area contributed by atoms with Gasteiger partial charge in [-0.05, 0) is 19.1 Å². The summed E-state index contributed by atoms with van der Waals surface area (Å²) >= 11 is 0. The van der Waals surface area contributed by atoms with Gasteiger partial charge in [-0.25, -0.2) is 0 Å². The van der Waals surface area contributed by atoms with E-state index in [0.717, 1.165) is 6.07 Å². The molecule has 1 heterocycles. The number of benzene rings is 2. The molecule has 2 aromatic carbocycles. The van der Waals surface area contributed by atoms with Crippen molar-refractivity contribution in [1.29, 1.82) is 0 Å². The van der Waals surface area contributed by atoms with Gasteiger partial charge in [-0.1, -0.05) is 6.07 Å². The quantitative estimate of drug-likeness (QED) is 0.453. The Labute approximate surface area is 137 Å². The molecule has 3 unspecified atom stereocenters. The number of aliphatic hydroxyl groups excluding tert-OH is 2. The molecule has 7 nitrogen and oxygen atoms in total. The van der Waals surface area contributed by atoms with Crippen LogP contribution in [0.25, 0.3) is 0 Å². The predicted octanol–water partition coefficient (Wildman–Crippen LogP) is 1.08. The summed E-state index contributed by atoms with van der Waals surface area (Å²) in [5.74, 6) is -1.10. The average Bonchev–Trinajstić information content (AvgIpc) is 2.50. The first-order valence-electron chi connectivity index (χ1n) is 7.38. The lowest BCUT2D eigenvalue weighted by molar-refractivity contribution is -0.138. The van der Waals surface area contributed by atoms with Crippen molar-refractivity contribution in [3.05, 3.63) is 41.5 Å². The molecular weight excluding hydrogens is 316 g/mol. The fourth-order valence-electron chi connectivity index (χ4n) is 3.13. The largest absolute Gasteiger partial charge is 0.508 e. The minimum Gasteiger partial charge on any atom is -0.508 e. The molecule has 6 N–H and O–H groups in total. The van der Waals surface area contributed by atoms with E-state index in [1.54, 1.807) is 0 Å². The predicted molar refractivity (Wildman–Crippen MR) is 83.2 cm³/mol. The van der Waals surface area contributed by atoms with Crippen LogP contribution >= 0.6 is 0 Å². The highest BCUT2D eigenvalue weighted by atomic mass is 16.5. The standard InChI is InChI=1S/C17H18O7/c1-8(18)17(9-2-3-12(20)14(22)4-9)16(23)7-11-13(21)5-10(19)6-15(11)24-17/h2-6,8,16,18-23H,7H2,1H3. The Morgan fingerprint density at radius 3 is 2.38 bits per heavy atom. The summed E-state index contributed by atoms with van der Waals surface area (Å²) < 4.78 is 5.82. The first kappa shape index (κ1) is 16.2. The van der Waals surface area contributed by atoms with Crippen LogP contribution in [0, 0.1) is 0 Å². The van der Waals surface area contributed by atoms with Gasteiger partial charge >= 0.3 is 0 Å². The highest BCUT2D eigenvalue weighted by Gasteiger charge is 2.50. The van der Waals surface area contributed by atoms with E-state index in [4.69, 9.17) is 4.74 Å². The second-order valence-corrected chi connectivity index (χ2v) is 5.94. The summed E-state index contributed by atoms with van der Waals surface area (Å²) in [5.41, 5.74) is -1.09. The van der Waals surface area contributed by atoms with Gasteiger partial charge in [-0.2, -0.15) is 0 Å². The maximum Gasteiger partial charge on any atom is 0.185 e. The van der Waals surface area contributed by atoms with Crippen molar-refractivity contribution in [2.75, 3.05) is 0 Å². The number of phenolic OH excluding ortho intramolecular Hbond substituents is 4. The summed E-state index contributed by atoms with van der Waals surface area (Å²) in [6.07, 6.45) is -2.48. The molecule has 0 amide bonds. The smallest absolute Gasteiger partial charge is 0.185 e.